The maximum absolute atomic E-state index is 12.6. The Balaban J connectivity index is 2.84. The Kier molecular flexibility index (Phi) is 5.05. The van der Waals surface area contributed by atoms with E-state index in [4.69, 9.17) is 5.26 Å². The molecule has 0 aliphatic heterocycles. The highest BCUT2D eigenvalue weighted by atomic mass is 32.2. The van der Waals surface area contributed by atoms with Gasteiger partial charge in [0.1, 0.15) is 0 Å². The summed E-state index contributed by atoms with van der Waals surface area (Å²) < 4.78 is 37.7. The third-order valence-corrected chi connectivity index (χ3v) is 3.20. The second kappa shape index (κ2) is 6.12. The topological polar surface area (TPSA) is 27.0 Å². The minimum Gasteiger partial charge on any atom is -0.309 e. The van der Waals surface area contributed by atoms with Gasteiger partial charge in [0.15, 0.2) is 0 Å². The summed E-state index contributed by atoms with van der Waals surface area (Å²) in [5.41, 5.74) is -1.20. The van der Waals surface area contributed by atoms with Crippen LogP contribution in [0.4, 0.5) is 13.2 Å². The zero-order valence-electron chi connectivity index (χ0n) is 10.1. The van der Waals surface area contributed by atoms with Crippen LogP contribution in [0.2, 0.25) is 0 Å². The largest absolute Gasteiger partial charge is 0.417 e. The van der Waals surface area contributed by atoms with E-state index in [-0.39, 0.29) is 5.56 Å². The molecule has 18 heavy (non-hydrogen) atoms. The lowest BCUT2D eigenvalue weighted by molar-refractivity contribution is -0.137. The number of hydrogen-bond acceptors (Lipinski definition) is 3. The highest BCUT2D eigenvalue weighted by Crippen LogP contribution is 2.33. The van der Waals surface area contributed by atoms with E-state index < -0.39 is 11.7 Å². The second-order valence-electron chi connectivity index (χ2n) is 3.97. The number of thioether (sulfide) groups is 1. The number of rotatable bonds is 4. The fraction of sp³-hybridized carbons (Fsp3) is 0.417. The van der Waals surface area contributed by atoms with Gasteiger partial charge in [0.25, 0.3) is 0 Å². The van der Waals surface area contributed by atoms with Gasteiger partial charge in [-0.2, -0.15) is 18.4 Å². The number of hydrogen-bond donors (Lipinski definition) is 0. The molecule has 0 unspecified atom stereocenters. The summed E-state index contributed by atoms with van der Waals surface area (Å²) in [5, 5.41) is 8.75. The highest BCUT2D eigenvalue weighted by molar-refractivity contribution is 7.99. The number of nitriles is 1. The molecular weight excluding hydrogens is 261 g/mol. The number of alkyl halides is 3. The molecule has 0 bridgehead atoms. The SMILES string of the molecule is CN(C)CCSc1ccc(C(F)(F)F)c(C#N)c1. The van der Waals surface area contributed by atoms with Gasteiger partial charge in [0.2, 0.25) is 0 Å². The molecule has 6 heteroatoms. The molecule has 1 aromatic carbocycles. The third-order valence-electron chi connectivity index (χ3n) is 2.22. The van der Waals surface area contributed by atoms with Crippen molar-refractivity contribution in [2.75, 3.05) is 26.4 Å². The first-order chi connectivity index (χ1) is 8.34. The molecule has 0 aromatic heterocycles. The average molecular weight is 274 g/mol. The van der Waals surface area contributed by atoms with E-state index in [1.807, 2.05) is 19.0 Å². The fourth-order valence-electron chi connectivity index (χ4n) is 1.30. The molecule has 0 atom stereocenters. The average Bonchev–Trinajstić information content (AvgIpc) is 2.26. The van der Waals surface area contributed by atoms with Crippen LogP contribution in [-0.4, -0.2) is 31.3 Å². The van der Waals surface area contributed by atoms with Gasteiger partial charge in [-0.3, -0.25) is 0 Å². The number of nitrogens with zero attached hydrogens (tertiary/aromatic N) is 2. The van der Waals surface area contributed by atoms with E-state index in [0.29, 0.717) is 4.90 Å². The van der Waals surface area contributed by atoms with E-state index in [0.717, 1.165) is 18.4 Å². The minimum absolute atomic E-state index is 0.322. The predicted octanol–water partition coefficient (Wildman–Crippen LogP) is 3.23. The number of benzene rings is 1. The summed E-state index contributed by atoms with van der Waals surface area (Å²) in [6, 6.07) is 5.27. The van der Waals surface area contributed by atoms with Crippen LogP contribution < -0.4 is 0 Å². The van der Waals surface area contributed by atoms with Gasteiger partial charge in [-0.15, -0.1) is 11.8 Å². The van der Waals surface area contributed by atoms with Crippen molar-refractivity contribution < 1.29 is 13.2 Å². The first-order valence-electron chi connectivity index (χ1n) is 5.23. The van der Waals surface area contributed by atoms with E-state index in [1.165, 1.54) is 23.9 Å². The van der Waals surface area contributed by atoms with E-state index in [2.05, 4.69) is 0 Å². The zero-order chi connectivity index (χ0) is 13.8. The summed E-state index contributed by atoms with van der Waals surface area (Å²) in [6.45, 7) is 0.827. The van der Waals surface area contributed by atoms with Crippen molar-refractivity contribution in [1.29, 1.82) is 5.26 Å². The van der Waals surface area contributed by atoms with Crippen LogP contribution in [0.5, 0.6) is 0 Å². The van der Waals surface area contributed by atoms with Crippen LogP contribution in [0.3, 0.4) is 0 Å². The van der Waals surface area contributed by atoms with E-state index >= 15 is 0 Å². The normalized spacial score (nSPS) is 11.6. The number of halogens is 3. The van der Waals surface area contributed by atoms with Crippen molar-refractivity contribution in [3.8, 4) is 6.07 Å². The Morgan fingerprint density at radius 1 is 1.33 bits per heavy atom. The predicted molar refractivity (Wildman–Crippen MR) is 65.4 cm³/mol. The minimum atomic E-state index is -4.47. The Hall–Kier alpha value is -1.19. The maximum atomic E-state index is 12.6. The van der Waals surface area contributed by atoms with Crippen molar-refractivity contribution in [3.63, 3.8) is 0 Å². The lowest BCUT2D eigenvalue weighted by atomic mass is 10.1. The van der Waals surface area contributed by atoms with Crippen LogP contribution in [0, 0.1) is 11.3 Å². The fourth-order valence-corrected chi connectivity index (χ4v) is 2.36. The molecule has 0 N–H and O–H groups in total. The van der Waals surface area contributed by atoms with Crippen molar-refractivity contribution in [2.45, 2.75) is 11.1 Å². The van der Waals surface area contributed by atoms with Crippen LogP contribution >= 0.6 is 11.8 Å². The van der Waals surface area contributed by atoms with Crippen molar-refractivity contribution in [3.05, 3.63) is 29.3 Å². The molecule has 0 fully saturated rings. The van der Waals surface area contributed by atoms with Gasteiger partial charge in [-0.1, -0.05) is 0 Å². The Morgan fingerprint density at radius 3 is 2.50 bits per heavy atom. The van der Waals surface area contributed by atoms with Crippen molar-refractivity contribution in [2.24, 2.45) is 0 Å². The Labute approximate surface area is 108 Å². The van der Waals surface area contributed by atoms with Gasteiger partial charge in [0.05, 0.1) is 17.2 Å². The molecule has 98 valence electrons. The molecular formula is C12H13F3N2S. The van der Waals surface area contributed by atoms with Gasteiger partial charge in [-0.05, 0) is 32.3 Å². The van der Waals surface area contributed by atoms with Gasteiger partial charge >= 0.3 is 6.18 Å². The Morgan fingerprint density at radius 2 is 2.00 bits per heavy atom. The van der Waals surface area contributed by atoms with Gasteiger partial charge in [-0.25, -0.2) is 0 Å². The lowest BCUT2D eigenvalue weighted by Gasteiger charge is -2.11. The smallest absolute Gasteiger partial charge is 0.309 e. The van der Waals surface area contributed by atoms with E-state index in [9.17, 15) is 13.2 Å². The highest BCUT2D eigenvalue weighted by Gasteiger charge is 2.33. The third kappa shape index (κ3) is 4.24. The Bertz CT molecular complexity index is 450. The second-order valence-corrected chi connectivity index (χ2v) is 5.14. The molecule has 0 amide bonds. The van der Waals surface area contributed by atoms with Crippen LogP contribution in [0.15, 0.2) is 23.1 Å². The molecule has 0 saturated heterocycles. The quantitative estimate of drug-likeness (QED) is 0.789. The van der Waals surface area contributed by atoms with Crippen LogP contribution in [-0.2, 0) is 6.18 Å². The molecule has 1 aromatic rings. The van der Waals surface area contributed by atoms with E-state index in [1.54, 1.807) is 6.07 Å². The summed E-state index contributed by atoms with van der Waals surface area (Å²) in [5.74, 6) is 0.767. The van der Waals surface area contributed by atoms with Crippen molar-refractivity contribution >= 4 is 11.8 Å². The molecule has 0 radical (unpaired) electrons. The zero-order valence-corrected chi connectivity index (χ0v) is 10.9. The lowest BCUT2D eigenvalue weighted by Crippen LogP contribution is -2.14. The van der Waals surface area contributed by atoms with Crippen molar-refractivity contribution in [1.82, 2.24) is 4.90 Å². The van der Waals surface area contributed by atoms with Gasteiger partial charge in [0, 0.05) is 17.2 Å². The molecule has 0 heterocycles. The summed E-state index contributed by atoms with van der Waals surface area (Å²) in [6.07, 6.45) is -4.47. The molecule has 0 aliphatic carbocycles. The summed E-state index contributed by atoms with van der Waals surface area (Å²) in [7, 11) is 3.85. The monoisotopic (exact) mass is 274 g/mol. The molecule has 1 rings (SSSR count). The van der Waals surface area contributed by atoms with Gasteiger partial charge < -0.3 is 4.90 Å². The first kappa shape index (κ1) is 14.9. The first-order valence-corrected chi connectivity index (χ1v) is 6.22. The summed E-state index contributed by atoms with van der Waals surface area (Å²) in [4.78, 5) is 2.67. The molecule has 2 nitrogen and oxygen atoms in total. The van der Waals surface area contributed by atoms with Crippen LogP contribution in [0.1, 0.15) is 11.1 Å². The summed E-state index contributed by atoms with van der Waals surface area (Å²) >= 11 is 1.44. The standard InChI is InChI=1S/C12H13F3N2S/c1-17(2)5-6-18-10-3-4-11(12(13,14)15)9(7-10)8-16/h3-4,7H,5-6H2,1-2H3. The maximum Gasteiger partial charge on any atom is 0.417 e. The molecule has 0 saturated carbocycles. The molecule has 0 aliphatic rings. The van der Waals surface area contributed by atoms with Crippen LogP contribution in [0.25, 0.3) is 0 Å². The molecule has 0 spiro atoms.